The molecule has 20 heavy (non-hydrogen) atoms. The molecule has 0 aromatic heterocycles. The minimum atomic E-state index is 0.269. The number of carbonyl (C=O) groups is 1. The molecule has 0 spiro atoms. The summed E-state index contributed by atoms with van der Waals surface area (Å²) in [7, 11) is 2.03. The molecule has 1 amide bonds. The highest BCUT2D eigenvalue weighted by atomic mass is 16.2. The molecule has 0 aliphatic carbocycles. The molecule has 1 saturated heterocycles. The maximum Gasteiger partial charge on any atom is 0.236 e. The van der Waals surface area contributed by atoms with E-state index in [-0.39, 0.29) is 5.91 Å². The molecule has 1 N–H and O–H groups in total. The van der Waals surface area contributed by atoms with Gasteiger partial charge in [-0.3, -0.25) is 9.69 Å². The number of likely N-dealkylation sites (tertiary alicyclic amines) is 1. The molecule has 1 aromatic carbocycles. The van der Waals surface area contributed by atoms with Crippen LogP contribution in [-0.2, 0) is 17.8 Å². The fourth-order valence-electron chi connectivity index (χ4n) is 3.19. The minimum absolute atomic E-state index is 0.269. The van der Waals surface area contributed by atoms with Crippen molar-refractivity contribution in [1.82, 2.24) is 9.80 Å². The lowest BCUT2D eigenvalue weighted by molar-refractivity contribution is -0.131. The predicted octanol–water partition coefficient (Wildman–Crippen LogP) is 1.71. The van der Waals surface area contributed by atoms with Gasteiger partial charge >= 0.3 is 0 Å². The van der Waals surface area contributed by atoms with Crippen LogP contribution in [0.15, 0.2) is 18.2 Å². The van der Waals surface area contributed by atoms with E-state index in [2.05, 4.69) is 28.4 Å². The van der Waals surface area contributed by atoms with Gasteiger partial charge in [0, 0.05) is 31.9 Å². The van der Waals surface area contributed by atoms with E-state index < -0.39 is 0 Å². The van der Waals surface area contributed by atoms with Gasteiger partial charge in [0.05, 0.1) is 6.54 Å². The largest absolute Gasteiger partial charge is 0.384 e. The topological polar surface area (TPSA) is 35.6 Å². The second kappa shape index (κ2) is 5.83. The molecule has 2 aliphatic heterocycles. The van der Waals surface area contributed by atoms with Crippen LogP contribution in [0.4, 0.5) is 5.69 Å². The summed E-state index contributed by atoms with van der Waals surface area (Å²) in [6.07, 6.45) is 3.43. The molecule has 4 nitrogen and oxygen atoms in total. The maximum absolute atomic E-state index is 12.1. The van der Waals surface area contributed by atoms with Gasteiger partial charge < -0.3 is 10.2 Å². The molecule has 0 unspecified atom stereocenters. The van der Waals surface area contributed by atoms with E-state index in [1.807, 2.05) is 11.9 Å². The first-order valence-corrected chi connectivity index (χ1v) is 7.55. The van der Waals surface area contributed by atoms with E-state index in [4.69, 9.17) is 0 Å². The molecular formula is C16H23N3O. The van der Waals surface area contributed by atoms with Crippen LogP contribution in [0.25, 0.3) is 0 Å². The summed E-state index contributed by atoms with van der Waals surface area (Å²) in [5.74, 6) is 0.269. The van der Waals surface area contributed by atoms with E-state index >= 15 is 0 Å². The number of para-hydroxylation sites is 1. The number of nitrogens with zero attached hydrogens (tertiary/aromatic N) is 2. The number of amides is 1. The van der Waals surface area contributed by atoms with Gasteiger partial charge in [0.25, 0.3) is 0 Å². The Morgan fingerprint density at radius 2 is 2.15 bits per heavy atom. The Bertz CT molecular complexity index is 494. The summed E-state index contributed by atoms with van der Waals surface area (Å²) in [6, 6.07) is 6.47. The molecule has 2 heterocycles. The number of hydrogen-bond acceptors (Lipinski definition) is 3. The van der Waals surface area contributed by atoms with Crippen LogP contribution in [0.1, 0.15) is 24.0 Å². The molecule has 1 aromatic rings. The van der Waals surface area contributed by atoms with Crippen molar-refractivity contribution in [1.29, 1.82) is 0 Å². The average molecular weight is 273 g/mol. The molecule has 2 aliphatic rings. The highest BCUT2D eigenvalue weighted by molar-refractivity contribution is 5.78. The second-order valence-electron chi connectivity index (χ2n) is 5.89. The average Bonchev–Trinajstić information content (AvgIpc) is 3.10. The Morgan fingerprint density at radius 3 is 2.95 bits per heavy atom. The second-order valence-corrected chi connectivity index (χ2v) is 5.89. The third-order valence-corrected chi connectivity index (χ3v) is 4.24. The molecule has 108 valence electrons. The van der Waals surface area contributed by atoms with Crippen molar-refractivity contribution < 1.29 is 4.79 Å². The standard InChI is InChI=1S/C16H23N3O/c1-18(12-15(20)19-9-2-3-10-19)11-14-6-4-5-13-7-8-17-16(13)14/h4-6,17H,2-3,7-12H2,1H3. The van der Waals surface area contributed by atoms with E-state index in [1.54, 1.807) is 0 Å². The zero-order chi connectivity index (χ0) is 13.9. The van der Waals surface area contributed by atoms with Crippen molar-refractivity contribution in [3.8, 4) is 0 Å². The summed E-state index contributed by atoms with van der Waals surface area (Å²) in [5, 5.41) is 3.46. The lowest BCUT2D eigenvalue weighted by Gasteiger charge is -2.22. The molecule has 0 saturated carbocycles. The van der Waals surface area contributed by atoms with Gasteiger partial charge in [-0.15, -0.1) is 0 Å². The third-order valence-electron chi connectivity index (χ3n) is 4.24. The van der Waals surface area contributed by atoms with Crippen LogP contribution in [0, 0.1) is 0 Å². The summed E-state index contributed by atoms with van der Waals surface area (Å²) in [4.78, 5) is 16.3. The number of fused-ring (bicyclic) bond motifs is 1. The van der Waals surface area contributed by atoms with Crippen molar-refractivity contribution in [2.75, 3.05) is 38.5 Å². The molecule has 3 rings (SSSR count). The van der Waals surface area contributed by atoms with Crippen LogP contribution in [-0.4, -0.2) is 48.9 Å². The highest BCUT2D eigenvalue weighted by Gasteiger charge is 2.20. The third kappa shape index (κ3) is 2.80. The SMILES string of the molecule is CN(CC(=O)N1CCCC1)Cc1cccc2c1NCC2. The first-order chi connectivity index (χ1) is 9.74. The summed E-state index contributed by atoms with van der Waals surface area (Å²) in [5.41, 5.74) is 3.99. The number of nitrogens with one attached hydrogen (secondary N) is 1. The first-order valence-electron chi connectivity index (χ1n) is 7.55. The van der Waals surface area contributed by atoms with Gasteiger partial charge in [0.2, 0.25) is 5.91 Å². The van der Waals surface area contributed by atoms with E-state index in [0.717, 1.165) is 45.4 Å². The van der Waals surface area contributed by atoms with Crippen molar-refractivity contribution in [2.45, 2.75) is 25.8 Å². The summed E-state index contributed by atoms with van der Waals surface area (Å²) >= 11 is 0. The van der Waals surface area contributed by atoms with Gasteiger partial charge in [-0.1, -0.05) is 18.2 Å². The quantitative estimate of drug-likeness (QED) is 0.907. The fraction of sp³-hybridized carbons (Fsp3) is 0.562. The number of carbonyl (C=O) groups excluding carboxylic acids is 1. The smallest absolute Gasteiger partial charge is 0.236 e. The Kier molecular flexibility index (Phi) is 3.92. The monoisotopic (exact) mass is 273 g/mol. The number of hydrogen-bond donors (Lipinski definition) is 1. The zero-order valence-corrected chi connectivity index (χ0v) is 12.2. The fourth-order valence-corrected chi connectivity index (χ4v) is 3.19. The van der Waals surface area contributed by atoms with Crippen LogP contribution in [0.2, 0.25) is 0 Å². The van der Waals surface area contributed by atoms with Crippen LogP contribution in [0.5, 0.6) is 0 Å². The Hall–Kier alpha value is -1.55. The number of likely N-dealkylation sites (N-methyl/N-ethyl adjacent to an activating group) is 1. The van der Waals surface area contributed by atoms with Gasteiger partial charge in [-0.05, 0) is 37.4 Å². The molecule has 0 bridgehead atoms. The molecule has 0 radical (unpaired) electrons. The first kappa shape index (κ1) is 13.4. The number of rotatable bonds is 4. The van der Waals surface area contributed by atoms with Gasteiger partial charge in [0.1, 0.15) is 0 Å². The number of anilines is 1. The molecular weight excluding hydrogens is 250 g/mol. The van der Waals surface area contributed by atoms with E-state index in [0.29, 0.717) is 6.54 Å². The van der Waals surface area contributed by atoms with Crippen molar-refractivity contribution >= 4 is 11.6 Å². The lowest BCUT2D eigenvalue weighted by Crippen LogP contribution is -2.37. The Morgan fingerprint density at radius 1 is 1.35 bits per heavy atom. The van der Waals surface area contributed by atoms with E-state index in [9.17, 15) is 4.79 Å². The Labute approximate surface area is 120 Å². The van der Waals surface area contributed by atoms with Crippen molar-refractivity contribution in [3.05, 3.63) is 29.3 Å². The predicted molar refractivity (Wildman–Crippen MR) is 80.8 cm³/mol. The van der Waals surface area contributed by atoms with Crippen molar-refractivity contribution in [3.63, 3.8) is 0 Å². The molecule has 0 atom stereocenters. The van der Waals surface area contributed by atoms with Gasteiger partial charge in [-0.2, -0.15) is 0 Å². The minimum Gasteiger partial charge on any atom is -0.384 e. The number of benzene rings is 1. The van der Waals surface area contributed by atoms with Gasteiger partial charge in [0.15, 0.2) is 0 Å². The molecule has 1 fully saturated rings. The zero-order valence-electron chi connectivity index (χ0n) is 12.2. The Balaban J connectivity index is 1.60. The van der Waals surface area contributed by atoms with Crippen molar-refractivity contribution in [2.24, 2.45) is 0 Å². The molecule has 4 heteroatoms. The summed E-state index contributed by atoms with van der Waals surface area (Å²) < 4.78 is 0. The van der Waals surface area contributed by atoms with Crippen LogP contribution in [0.3, 0.4) is 0 Å². The van der Waals surface area contributed by atoms with Gasteiger partial charge in [-0.25, -0.2) is 0 Å². The van der Waals surface area contributed by atoms with Crippen LogP contribution >= 0.6 is 0 Å². The van der Waals surface area contributed by atoms with Crippen LogP contribution < -0.4 is 5.32 Å². The highest BCUT2D eigenvalue weighted by Crippen LogP contribution is 2.27. The lowest BCUT2D eigenvalue weighted by atomic mass is 10.1. The van der Waals surface area contributed by atoms with E-state index in [1.165, 1.54) is 16.8 Å². The normalized spacial score (nSPS) is 17.4. The maximum atomic E-state index is 12.1. The summed E-state index contributed by atoms with van der Waals surface area (Å²) in [6.45, 7) is 4.26.